The maximum Gasteiger partial charge on any atom is 0.337 e. The fraction of sp³-hybridized carbons (Fsp3) is 0.0714. The van der Waals surface area contributed by atoms with E-state index in [9.17, 15) is 23.3 Å². The van der Waals surface area contributed by atoms with E-state index in [1.807, 2.05) is 0 Å². The van der Waals surface area contributed by atoms with Gasteiger partial charge in [0.2, 0.25) is 0 Å². The number of para-hydroxylation sites is 1. The quantitative estimate of drug-likeness (QED) is 0.508. The van der Waals surface area contributed by atoms with Gasteiger partial charge in [0, 0.05) is 11.8 Å². The van der Waals surface area contributed by atoms with Crippen molar-refractivity contribution in [3.8, 4) is 0 Å². The smallest absolute Gasteiger partial charge is 0.337 e. The van der Waals surface area contributed by atoms with Gasteiger partial charge in [0.05, 0.1) is 17.6 Å². The van der Waals surface area contributed by atoms with Crippen molar-refractivity contribution in [2.24, 2.45) is 0 Å². The third-order valence-electron chi connectivity index (χ3n) is 2.89. The van der Waals surface area contributed by atoms with Crippen LogP contribution in [0.3, 0.4) is 0 Å². The van der Waals surface area contributed by atoms with Crippen molar-refractivity contribution in [2.45, 2.75) is 4.90 Å². The summed E-state index contributed by atoms with van der Waals surface area (Å²) in [6, 6.07) is 10.6. The summed E-state index contributed by atoms with van der Waals surface area (Å²) in [5.74, 6) is -0.628. The van der Waals surface area contributed by atoms with E-state index in [2.05, 4.69) is 9.46 Å². The van der Waals surface area contributed by atoms with Crippen LogP contribution in [0.2, 0.25) is 0 Å². The van der Waals surface area contributed by atoms with Crippen molar-refractivity contribution in [3.63, 3.8) is 0 Å². The Bertz CT molecular complexity index is 863. The van der Waals surface area contributed by atoms with Crippen LogP contribution >= 0.6 is 0 Å². The summed E-state index contributed by atoms with van der Waals surface area (Å²) >= 11 is 0. The van der Waals surface area contributed by atoms with E-state index >= 15 is 0 Å². The molecule has 120 valence electrons. The average molecular weight is 336 g/mol. The standard InChI is InChI=1S/C14H12N2O6S/c1-22-14(17)10-5-4-6-11(9-10)15-23(20,21)13-8-3-2-7-12(13)16(18)19/h2-9,15H,1H3. The highest BCUT2D eigenvalue weighted by Gasteiger charge is 2.25. The number of nitro benzene ring substituents is 1. The highest BCUT2D eigenvalue weighted by atomic mass is 32.2. The number of carbonyl (C=O) groups is 1. The maximum atomic E-state index is 12.3. The van der Waals surface area contributed by atoms with Gasteiger partial charge in [-0.3, -0.25) is 14.8 Å². The predicted octanol–water partition coefficient (Wildman–Crippen LogP) is 2.18. The molecule has 2 aromatic rings. The minimum atomic E-state index is -4.18. The number of nitrogens with one attached hydrogen (secondary N) is 1. The van der Waals surface area contributed by atoms with Crippen molar-refractivity contribution in [1.29, 1.82) is 0 Å². The van der Waals surface area contributed by atoms with Gasteiger partial charge in [-0.15, -0.1) is 0 Å². The number of methoxy groups -OCH3 is 1. The maximum absolute atomic E-state index is 12.3. The second-order valence-corrected chi connectivity index (χ2v) is 6.05. The Morgan fingerprint density at radius 1 is 1.17 bits per heavy atom. The Morgan fingerprint density at radius 2 is 1.87 bits per heavy atom. The molecule has 0 heterocycles. The minimum absolute atomic E-state index is 0.0889. The van der Waals surface area contributed by atoms with Crippen molar-refractivity contribution < 1.29 is 22.9 Å². The first-order valence-corrected chi connectivity index (χ1v) is 7.78. The molecule has 0 spiro atoms. The Kier molecular flexibility index (Phi) is 4.60. The molecule has 0 radical (unpaired) electrons. The van der Waals surface area contributed by atoms with E-state index in [-0.39, 0.29) is 11.3 Å². The molecule has 2 aromatic carbocycles. The lowest BCUT2D eigenvalue weighted by atomic mass is 10.2. The first-order chi connectivity index (χ1) is 10.8. The van der Waals surface area contributed by atoms with Crippen LogP contribution in [-0.2, 0) is 14.8 Å². The molecule has 1 N–H and O–H groups in total. The molecule has 0 amide bonds. The Labute approximate surface area is 131 Å². The SMILES string of the molecule is COC(=O)c1cccc(NS(=O)(=O)c2ccccc2[N+](=O)[O-])c1. The molecular formula is C14H12N2O6S. The molecule has 0 aliphatic heterocycles. The third kappa shape index (κ3) is 3.64. The lowest BCUT2D eigenvalue weighted by Crippen LogP contribution is -2.15. The number of ether oxygens (including phenoxy) is 1. The number of nitrogens with zero attached hydrogens (tertiary/aromatic N) is 1. The molecule has 0 aromatic heterocycles. The average Bonchev–Trinajstić information content (AvgIpc) is 2.54. The van der Waals surface area contributed by atoms with Gasteiger partial charge in [-0.05, 0) is 24.3 Å². The Morgan fingerprint density at radius 3 is 2.52 bits per heavy atom. The highest BCUT2D eigenvalue weighted by Crippen LogP contribution is 2.25. The zero-order chi connectivity index (χ0) is 17.0. The minimum Gasteiger partial charge on any atom is -0.465 e. The van der Waals surface area contributed by atoms with E-state index in [0.717, 1.165) is 12.1 Å². The number of anilines is 1. The summed E-state index contributed by atoms with van der Waals surface area (Å²) in [5, 5.41) is 11.0. The number of esters is 1. The van der Waals surface area contributed by atoms with E-state index in [1.54, 1.807) is 0 Å². The number of nitro groups is 1. The summed E-state index contributed by atoms with van der Waals surface area (Å²) in [4.78, 5) is 21.2. The van der Waals surface area contributed by atoms with Gasteiger partial charge in [-0.2, -0.15) is 0 Å². The summed E-state index contributed by atoms with van der Waals surface area (Å²) in [6.07, 6.45) is 0. The number of benzene rings is 2. The van der Waals surface area contributed by atoms with Gasteiger partial charge in [0.15, 0.2) is 4.90 Å². The zero-order valence-corrected chi connectivity index (χ0v) is 12.7. The predicted molar refractivity (Wildman–Crippen MR) is 81.7 cm³/mol. The lowest BCUT2D eigenvalue weighted by molar-refractivity contribution is -0.387. The van der Waals surface area contributed by atoms with Gasteiger partial charge in [-0.25, -0.2) is 13.2 Å². The second kappa shape index (κ2) is 6.44. The molecule has 0 aliphatic rings. The van der Waals surface area contributed by atoms with Crippen LogP contribution in [0.1, 0.15) is 10.4 Å². The van der Waals surface area contributed by atoms with Crippen molar-refractivity contribution >= 4 is 27.4 Å². The molecule has 0 bridgehead atoms. The molecule has 2 rings (SSSR count). The second-order valence-electron chi connectivity index (χ2n) is 4.40. The summed E-state index contributed by atoms with van der Waals surface area (Å²) < 4.78 is 31.5. The fourth-order valence-corrected chi connectivity index (χ4v) is 3.10. The van der Waals surface area contributed by atoms with Crippen LogP contribution in [0.15, 0.2) is 53.4 Å². The molecule has 0 saturated carbocycles. The van der Waals surface area contributed by atoms with Gasteiger partial charge in [-0.1, -0.05) is 18.2 Å². The van der Waals surface area contributed by atoms with Crippen LogP contribution < -0.4 is 4.72 Å². The normalized spacial score (nSPS) is 10.8. The van der Waals surface area contributed by atoms with Crippen LogP contribution in [0.25, 0.3) is 0 Å². The van der Waals surface area contributed by atoms with Gasteiger partial charge < -0.3 is 4.74 Å². The van der Waals surface area contributed by atoms with Crippen LogP contribution in [0.4, 0.5) is 11.4 Å². The van der Waals surface area contributed by atoms with E-state index in [0.29, 0.717) is 0 Å². The highest BCUT2D eigenvalue weighted by molar-refractivity contribution is 7.92. The number of hydrogen-bond donors (Lipinski definition) is 1. The molecule has 0 saturated heterocycles. The van der Waals surface area contributed by atoms with E-state index in [1.165, 1.54) is 43.5 Å². The third-order valence-corrected chi connectivity index (χ3v) is 4.32. The molecule has 0 aliphatic carbocycles. The van der Waals surface area contributed by atoms with Gasteiger partial charge >= 0.3 is 5.97 Å². The lowest BCUT2D eigenvalue weighted by Gasteiger charge is -2.09. The molecule has 0 atom stereocenters. The first-order valence-electron chi connectivity index (χ1n) is 6.30. The number of hydrogen-bond acceptors (Lipinski definition) is 6. The van der Waals surface area contributed by atoms with Gasteiger partial charge in [0.1, 0.15) is 0 Å². The van der Waals surface area contributed by atoms with Crippen molar-refractivity contribution in [2.75, 3.05) is 11.8 Å². The Hall–Kier alpha value is -2.94. The van der Waals surface area contributed by atoms with Crippen LogP contribution in [0, 0.1) is 10.1 Å². The summed E-state index contributed by atoms with van der Waals surface area (Å²) in [5.41, 5.74) is -0.301. The topological polar surface area (TPSA) is 116 Å². The van der Waals surface area contributed by atoms with Crippen LogP contribution in [-0.4, -0.2) is 26.4 Å². The summed E-state index contributed by atoms with van der Waals surface area (Å²) in [6.45, 7) is 0. The van der Waals surface area contributed by atoms with Crippen LogP contribution in [0.5, 0.6) is 0 Å². The van der Waals surface area contributed by atoms with E-state index in [4.69, 9.17) is 0 Å². The zero-order valence-electron chi connectivity index (χ0n) is 11.9. The fourth-order valence-electron chi connectivity index (χ4n) is 1.87. The molecule has 0 unspecified atom stereocenters. The number of sulfonamides is 1. The number of carbonyl (C=O) groups excluding carboxylic acids is 1. The van der Waals surface area contributed by atoms with Crippen molar-refractivity contribution in [3.05, 3.63) is 64.2 Å². The molecule has 0 fully saturated rings. The van der Waals surface area contributed by atoms with Crippen molar-refractivity contribution in [1.82, 2.24) is 0 Å². The van der Waals surface area contributed by atoms with Gasteiger partial charge in [0.25, 0.3) is 15.7 Å². The largest absolute Gasteiger partial charge is 0.465 e. The Balaban J connectivity index is 2.40. The molecular weight excluding hydrogens is 324 g/mol. The molecule has 23 heavy (non-hydrogen) atoms. The number of rotatable bonds is 5. The molecule has 9 heteroatoms. The summed E-state index contributed by atoms with van der Waals surface area (Å²) in [7, 11) is -2.98. The monoisotopic (exact) mass is 336 g/mol. The molecule has 8 nitrogen and oxygen atoms in total. The van der Waals surface area contributed by atoms with E-state index < -0.39 is 31.5 Å². The first kappa shape index (κ1) is 16.4.